The summed E-state index contributed by atoms with van der Waals surface area (Å²) in [5, 5.41) is 11.6. The topological polar surface area (TPSA) is 52.6 Å². The molecule has 0 spiro atoms. The van der Waals surface area contributed by atoms with Crippen LogP contribution in [0.25, 0.3) is 0 Å². The van der Waals surface area contributed by atoms with E-state index < -0.39 is 12.4 Å². The number of carboxylic acids is 1. The number of carbonyl (C=O) groups is 1. The van der Waals surface area contributed by atoms with Crippen molar-refractivity contribution in [3.05, 3.63) is 0 Å². The molecule has 1 aliphatic rings. The van der Waals surface area contributed by atoms with Crippen LogP contribution in [-0.2, 0) is 4.79 Å². The van der Waals surface area contributed by atoms with E-state index in [9.17, 15) is 13.6 Å². The highest BCUT2D eigenvalue weighted by Crippen LogP contribution is 2.23. The van der Waals surface area contributed by atoms with Crippen molar-refractivity contribution in [1.82, 2.24) is 10.2 Å². The van der Waals surface area contributed by atoms with Gasteiger partial charge >= 0.3 is 5.97 Å². The third-order valence-corrected chi connectivity index (χ3v) is 3.42. The number of hydrogen-bond acceptors (Lipinski definition) is 3. The zero-order chi connectivity index (χ0) is 13.7. The van der Waals surface area contributed by atoms with E-state index in [0.717, 1.165) is 13.0 Å². The number of rotatable bonds is 6. The van der Waals surface area contributed by atoms with E-state index in [1.54, 1.807) is 0 Å². The van der Waals surface area contributed by atoms with Crippen molar-refractivity contribution in [3.63, 3.8) is 0 Å². The van der Waals surface area contributed by atoms with Crippen LogP contribution in [-0.4, -0.2) is 54.6 Å². The Kier molecular flexibility index (Phi) is 5.95. The van der Waals surface area contributed by atoms with Crippen molar-refractivity contribution in [2.75, 3.05) is 26.2 Å². The Morgan fingerprint density at radius 2 is 2.11 bits per heavy atom. The predicted molar refractivity (Wildman–Crippen MR) is 64.8 cm³/mol. The lowest BCUT2D eigenvalue weighted by Crippen LogP contribution is -2.52. The van der Waals surface area contributed by atoms with Gasteiger partial charge in [0.15, 0.2) is 0 Å². The molecule has 1 heterocycles. The van der Waals surface area contributed by atoms with Crippen LogP contribution in [0.3, 0.4) is 0 Å². The quantitative estimate of drug-likeness (QED) is 0.758. The highest BCUT2D eigenvalue weighted by molar-refractivity contribution is 5.69. The van der Waals surface area contributed by atoms with Crippen molar-refractivity contribution < 1.29 is 18.7 Å². The molecule has 0 aromatic rings. The molecule has 1 fully saturated rings. The van der Waals surface area contributed by atoms with Gasteiger partial charge in [-0.15, -0.1) is 0 Å². The maximum atomic E-state index is 12.2. The zero-order valence-corrected chi connectivity index (χ0v) is 10.9. The number of hydrogen-bond donors (Lipinski definition) is 2. The van der Waals surface area contributed by atoms with Gasteiger partial charge in [-0.2, -0.15) is 0 Å². The Bertz CT molecular complexity index is 275. The monoisotopic (exact) mass is 264 g/mol. The van der Waals surface area contributed by atoms with Crippen LogP contribution in [0.2, 0.25) is 0 Å². The molecule has 2 unspecified atom stereocenters. The molecule has 2 atom stereocenters. The molecule has 2 N–H and O–H groups in total. The molecular formula is C12H22F2N2O2. The maximum absolute atomic E-state index is 12.2. The Morgan fingerprint density at radius 1 is 1.44 bits per heavy atom. The van der Waals surface area contributed by atoms with E-state index in [-0.39, 0.29) is 19.1 Å². The number of carboxylic acid groups (broad SMARTS) is 1. The minimum absolute atomic E-state index is 0.0178. The van der Waals surface area contributed by atoms with Crippen LogP contribution in [0, 0.1) is 11.8 Å². The molecule has 0 saturated carbocycles. The molecule has 0 radical (unpaired) electrons. The fourth-order valence-corrected chi connectivity index (χ4v) is 2.44. The summed E-state index contributed by atoms with van der Waals surface area (Å²) < 4.78 is 24.4. The largest absolute Gasteiger partial charge is 0.480 e. The third-order valence-electron chi connectivity index (χ3n) is 3.42. The van der Waals surface area contributed by atoms with Gasteiger partial charge in [-0.3, -0.25) is 9.69 Å². The van der Waals surface area contributed by atoms with Crippen molar-refractivity contribution >= 4 is 5.97 Å². The first kappa shape index (κ1) is 15.3. The van der Waals surface area contributed by atoms with Crippen molar-refractivity contribution in [3.8, 4) is 0 Å². The zero-order valence-electron chi connectivity index (χ0n) is 10.9. The van der Waals surface area contributed by atoms with Gasteiger partial charge in [-0.25, -0.2) is 8.78 Å². The first-order valence-electron chi connectivity index (χ1n) is 6.34. The first-order valence-corrected chi connectivity index (χ1v) is 6.34. The van der Waals surface area contributed by atoms with Crippen molar-refractivity contribution in [1.29, 1.82) is 0 Å². The molecule has 0 aromatic heterocycles. The molecule has 0 amide bonds. The van der Waals surface area contributed by atoms with E-state index in [1.165, 1.54) is 0 Å². The number of nitrogens with one attached hydrogen (secondary N) is 1. The van der Waals surface area contributed by atoms with Crippen LogP contribution in [0.15, 0.2) is 0 Å². The fourth-order valence-electron chi connectivity index (χ4n) is 2.44. The smallest absolute Gasteiger partial charge is 0.317 e. The Balaban J connectivity index is 2.53. The minimum Gasteiger partial charge on any atom is -0.480 e. The second-order valence-corrected chi connectivity index (χ2v) is 5.32. The second-order valence-electron chi connectivity index (χ2n) is 5.32. The summed E-state index contributed by atoms with van der Waals surface area (Å²) in [7, 11) is 0. The molecule has 1 saturated heterocycles. The van der Waals surface area contributed by atoms with Crippen LogP contribution in [0.1, 0.15) is 20.3 Å². The number of piperidine rings is 1. The molecule has 0 bridgehead atoms. The van der Waals surface area contributed by atoms with E-state index in [1.807, 2.05) is 4.90 Å². The van der Waals surface area contributed by atoms with Crippen LogP contribution >= 0.6 is 0 Å². The lowest BCUT2D eigenvalue weighted by atomic mass is 9.85. The van der Waals surface area contributed by atoms with Gasteiger partial charge in [0.2, 0.25) is 0 Å². The Hall–Kier alpha value is -0.750. The van der Waals surface area contributed by atoms with E-state index in [2.05, 4.69) is 19.2 Å². The Morgan fingerprint density at radius 3 is 2.61 bits per heavy atom. The number of halogens is 2. The van der Waals surface area contributed by atoms with Gasteiger partial charge in [0.1, 0.15) is 0 Å². The SMILES string of the molecule is CC(C)C1CC(NCC(F)F)CN(CC(=O)O)C1. The van der Waals surface area contributed by atoms with Crippen molar-refractivity contribution in [2.24, 2.45) is 11.8 Å². The number of nitrogens with zero attached hydrogens (tertiary/aromatic N) is 1. The molecule has 18 heavy (non-hydrogen) atoms. The molecule has 0 aliphatic carbocycles. The van der Waals surface area contributed by atoms with E-state index >= 15 is 0 Å². The van der Waals surface area contributed by atoms with Crippen molar-refractivity contribution in [2.45, 2.75) is 32.7 Å². The van der Waals surface area contributed by atoms with E-state index in [4.69, 9.17) is 5.11 Å². The normalized spacial score (nSPS) is 25.9. The summed E-state index contributed by atoms with van der Waals surface area (Å²) in [4.78, 5) is 12.6. The van der Waals surface area contributed by atoms with Gasteiger partial charge < -0.3 is 10.4 Å². The fraction of sp³-hybridized carbons (Fsp3) is 0.917. The number of alkyl halides is 2. The lowest BCUT2D eigenvalue weighted by molar-refractivity contribution is -0.139. The first-order chi connectivity index (χ1) is 8.38. The number of likely N-dealkylation sites (tertiary alicyclic amines) is 1. The van der Waals surface area contributed by atoms with Gasteiger partial charge in [-0.05, 0) is 18.3 Å². The van der Waals surface area contributed by atoms with Gasteiger partial charge in [0.05, 0.1) is 13.1 Å². The summed E-state index contributed by atoms with van der Waals surface area (Å²) in [5.74, 6) is -0.0854. The minimum atomic E-state index is -2.36. The molecule has 4 nitrogen and oxygen atoms in total. The summed E-state index contributed by atoms with van der Waals surface area (Å²) >= 11 is 0. The highest BCUT2D eigenvalue weighted by Gasteiger charge is 2.29. The Labute approximate surface area is 106 Å². The molecule has 1 rings (SSSR count). The molecule has 1 aliphatic heterocycles. The highest BCUT2D eigenvalue weighted by atomic mass is 19.3. The second kappa shape index (κ2) is 6.99. The summed E-state index contributed by atoms with van der Waals surface area (Å²) in [6.07, 6.45) is -1.53. The van der Waals surface area contributed by atoms with Crippen LogP contribution in [0.4, 0.5) is 8.78 Å². The average molecular weight is 264 g/mol. The predicted octanol–water partition coefficient (Wildman–Crippen LogP) is 1.27. The molecule has 0 aromatic carbocycles. The van der Waals surface area contributed by atoms with E-state index in [0.29, 0.717) is 18.4 Å². The molecular weight excluding hydrogens is 242 g/mol. The summed E-state index contributed by atoms with van der Waals surface area (Å²) in [6.45, 7) is 5.09. The third kappa shape index (κ3) is 5.27. The summed E-state index contributed by atoms with van der Waals surface area (Å²) in [5.41, 5.74) is 0. The molecule has 106 valence electrons. The van der Waals surface area contributed by atoms with Gasteiger partial charge in [-0.1, -0.05) is 13.8 Å². The maximum Gasteiger partial charge on any atom is 0.317 e. The van der Waals surface area contributed by atoms with Crippen LogP contribution in [0.5, 0.6) is 0 Å². The van der Waals surface area contributed by atoms with Gasteiger partial charge in [0, 0.05) is 19.1 Å². The lowest BCUT2D eigenvalue weighted by Gasteiger charge is -2.39. The standard InChI is InChI=1S/C12H22F2N2O2/c1-8(2)9-3-10(15-4-11(13)14)6-16(5-9)7-12(17)18/h8-11,15H,3-7H2,1-2H3,(H,17,18). The molecule has 6 heteroatoms. The average Bonchev–Trinajstić information content (AvgIpc) is 2.25. The van der Waals surface area contributed by atoms with Gasteiger partial charge in [0.25, 0.3) is 6.43 Å². The van der Waals surface area contributed by atoms with Crippen LogP contribution < -0.4 is 5.32 Å². The number of aliphatic carboxylic acids is 1. The summed E-state index contributed by atoms with van der Waals surface area (Å²) in [6, 6.07) is -0.0421.